The first-order valence-corrected chi connectivity index (χ1v) is 32.6. The van der Waals surface area contributed by atoms with Gasteiger partial charge in [-0.25, -0.2) is 44.4 Å². The molecule has 0 saturated heterocycles. The van der Waals surface area contributed by atoms with E-state index in [1.54, 1.807) is 97.3 Å². The Bertz CT molecular complexity index is 5320. The molecule has 5 N–H and O–H groups in total. The highest BCUT2D eigenvalue weighted by Crippen LogP contribution is 2.45. The highest BCUT2D eigenvalue weighted by molar-refractivity contribution is 8.13. The van der Waals surface area contributed by atoms with Gasteiger partial charge in [0.05, 0.1) is 63.1 Å². The van der Waals surface area contributed by atoms with Crippen molar-refractivity contribution in [2.45, 2.75) is 13.5 Å². The molecule has 26 heteroatoms. The van der Waals surface area contributed by atoms with Gasteiger partial charge in [-0.2, -0.15) is 0 Å². The zero-order chi connectivity index (χ0) is 65.6. The Balaban J connectivity index is 0.000000154. The third kappa shape index (κ3) is 12.6. The number of amides is 2. The zero-order valence-corrected chi connectivity index (χ0v) is 51.6. The van der Waals surface area contributed by atoms with E-state index in [0.717, 1.165) is 18.2 Å². The second-order valence-corrected chi connectivity index (χ2v) is 25.9. The van der Waals surface area contributed by atoms with Crippen molar-refractivity contribution in [1.29, 1.82) is 0 Å². The van der Waals surface area contributed by atoms with Crippen LogP contribution in [0.2, 0.25) is 0 Å². The minimum absolute atomic E-state index is 0.161. The lowest BCUT2D eigenvalue weighted by Gasteiger charge is -2.21. The maximum atomic E-state index is 14.6. The van der Waals surface area contributed by atoms with Gasteiger partial charge in [0.1, 0.15) is 68.8 Å². The molecule has 0 aliphatic carbocycles. The molecule has 2 amide bonds. The Morgan fingerprint density at radius 1 is 0.548 bits per heavy atom. The number of rotatable bonds is 8. The molecule has 19 nitrogen and oxygen atoms in total. The lowest BCUT2D eigenvalue weighted by atomic mass is 10.0. The fourth-order valence-electron chi connectivity index (χ4n) is 10.9. The van der Waals surface area contributed by atoms with E-state index < -0.39 is 36.6 Å². The number of pyridine rings is 3. The quantitative estimate of drug-likeness (QED) is 0.0627. The lowest BCUT2D eigenvalue weighted by molar-refractivity contribution is 0.0956. The van der Waals surface area contributed by atoms with Crippen molar-refractivity contribution in [3.8, 4) is 79.4 Å². The smallest absolute Gasteiger partial charge is 0.255 e. The van der Waals surface area contributed by atoms with Crippen LogP contribution in [0.3, 0.4) is 0 Å². The van der Waals surface area contributed by atoms with Gasteiger partial charge in [0.25, 0.3) is 11.8 Å². The summed E-state index contributed by atoms with van der Waals surface area (Å²) < 4.78 is 130. The normalized spacial score (nSPS) is 12.1. The third-order valence-corrected chi connectivity index (χ3v) is 15.5. The lowest BCUT2D eigenvalue weighted by Crippen LogP contribution is -2.18. The van der Waals surface area contributed by atoms with Crippen LogP contribution in [-0.4, -0.2) is 79.3 Å². The first-order valence-electron chi connectivity index (χ1n) is 28.0. The van der Waals surface area contributed by atoms with Crippen LogP contribution < -0.4 is 30.6 Å². The van der Waals surface area contributed by atoms with Crippen molar-refractivity contribution < 1.29 is 62.3 Å². The first kappa shape index (κ1) is 62.2. The number of sulfonamides is 1. The molecule has 0 fully saturated rings. The summed E-state index contributed by atoms with van der Waals surface area (Å²) in [6.45, 7) is 0.404. The predicted octanol–water partition coefficient (Wildman–Crippen LogP) is 13.8. The number of furan rings is 2. The number of nitrogen functional groups attached to an aromatic ring is 1. The van der Waals surface area contributed by atoms with E-state index in [4.69, 9.17) is 34.0 Å². The number of nitrogens with one attached hydrogen (secondary N) is 3. The van der Waals surface area contributed by atoms with E-state index in [-0.39, 0.29) is 53.6 Å². The van der Waals surface area contributed by atoms with E-state index in [2.05, 4.69) is 31.0 Å². The van der Waals surface area contributed by atoms with Crippen LogP contribution in [0.4, 0.5) is 28.9 Å². The number of aromatic nitrogens is 5. The molecule has 0 saturated carbocycles. The SMILES string of the molecule is CNC(=O)c1c(-c2ccc(F)cc2)oc2cc(N)c(-c3ccc4c(n3)-c3cc5c(F)cccc5n3CO4)cc12.CNC(=O)c1c(-c2ccc(F)cc2)oc2cc(NS(C)(=O)=O)c(-c3ccc4c(n3)-c3cc5c(F)cccc5n3CO4)cc12.CS(=O)(=O)Cl.c1ccncc1. The highest BCUT2D eigenvalue weighted by Gasteiger charge is 2.30. The molecule has 7 aromatic heterocycles. The number of hydrogen-bond acceptors (Lipinski definition) is 14. The third-order valence-electron chi connectivity index (χ3n) is 14.9. The number of fused-ring (bicyclic) bond motifs is 12. The molecule has 6 aromatic carbocycles. The van der Waals surface area contributed by atoms with Crippen molar-refractivity contribution in [1.82, 2.24) is 34.7 Å². The summed E-state index contributed by atoms with van der Waals surface area (Å²) in [4.78, 5) is 39.6. The van der Waals surface area contributed by atoms with Gasteiger partial charge in [0.15, 0.2) is 13.5 Å². The van der Waals surface area contributed by atoms with Crippen LogP contribution in [0.25, 0.3) is 112 Å². The van der Waals surface area contributed by atoms with Gasteiger partial charge in [-0.1, -0.05) is 18.2 Å². The van der Waals surface area contributed by atoms with Gasteiger partial charge in [0.2, 0.25) is 19.1 Å². The van der Waals surface area contributed by atoms with Crippen molar-refractivity contribution in [3.63, 3.8) is 0 Å². The minimum atomic E-state index is -3.76. The molecule has 470 valence electrons. The van der Waals surface area contributed by atoms with Gasteiger partial charge in [-0.3, -0.25) is 19.3 Å². The van der Waals surface area contributed by atoms with E-state index in [0.29, 0.717) is 117 Å². The summed E-state index contributed by atoms with van der Waals surface area (Å²) in [6.07, 6.45) is 5.44. The summed E-state index contributed by atoms with van der Waals surface area (Å²) in [5.41, 5.74) is 14.7. The summed E-state index contributed by atoms with van der Waals surface area (Å²) in [6, 6.07) is 43.6. The van der Waals surface area contributed by atoms with Crippen molar-refractivity contribution in [2.75, 3.05) is 37.1 Å². The number of halogens is 5. The Morgan fingerprint density at radius 2 is 0.989 bits per heavy atom. The van der Waals surface area contributed by atoms with Gasteiger partial charge in [-0.15, -0.1) is 0 Å². The van der Waals surface area contributed by atoms with E-state index in [1.165, 1.54) is 68.7 Å². The number of hydrogen-bond donors (Lipinski definition) is 4. The Kier molecular flexibility index (Phi) is 16.7. The van der Waals surface area contributed by atoms with Crippen LogP contribution in [-0.2, 0) is 32.5 Å². The fraction of sp³-hybridized carbons (Fsp3) is 0.0896. The largest absolute Gasteiger partial charge is 0.470 e. The number of anilines is 2. The van der Waals surface area contributed by atoms with Gasteiger partial charge >= 0.3 is 0 Å². The van der Waals surface area contributed by atoms with Crippen LogP contribution in [0.15, 0.2) is 185 Å². The molecule has 15 rings (SSSR count). The van der Waals surface area contributed by atoms with Crippen LogP contribution in [0.1, 0.15) is 20.7 Å². The van der Waals surface area contributed by atoms with Gasteiger partial charge in [0, 0.05) is 98.8 Å². The average Bonchev–Trinajstić information content (AvgIpc) is 1.66. The summed E-state index contributed by atoms with van der Waals surface area (Å²) >= 11 is 0. The van der Waals surface area contributed by atoms with Crippen LogP contribution in [0.5, 0.6) is 11.5 Å². The van der Waals surface area contributed by atoms with E-state index in [1.807, 2.05) is 33.4 Å². The summed E-state index contributed by atoms with van der Waals surface area (Å²) in [5, 5.41) is 7.09. The van der Waals surface area contributed by atoms with E-state index in [9.17, 15) is 44.0 Å². The van der Waals surface area contributed by atoms with Crippen molar-refractivity contribution in [2.24, 2.45) is 0 Å². The molecule has 9 heterocycles. The summed E-state index contributed by atoms with van der Waals surface area (Å²) in [7, 11) is 0.555. The van der Waals surface area contributed by atoms with E-state index >= 15 is 0 Å². The molecule has 0 unspecified atom stereocenters. The predicted molar refractivity (Wildman–Crippen MR) is 347 cm³/mol. The molecule has 0 bridgehead atoms. The first-order chi connectivity index (χ1) is 44.5. The Morgan fingerprint density at radius 3 is 1.41 bits per heavy atom. The Hall–Kier alpha value is -11.0. The zero-order valence-electron chi connectivity index (χ0n) is 49.3. The molecule has 2 aliphatic heterocycles. The van der Waals surface area contributed by atoms with Crippen LogP contribution >= 0.6 is 10.7 Å². The average molecular weight is 1320 g/mol. The molecule has 0 atom stereocenters. The molecule has 93 heavy (non-hydrogen) atoms. The maximum Gasteiger partial charge on any atom is 0.255 e. The number of nitrogens with zero attached hydrogens (tertiary/aromatic N) is 5. The summed E-state index contributed by atoms with van der Waals surface area (Å²) in [5.74, 6) is -0.808. The molecule has 0 radical (unpaired) electrons. The molecule has 0 spiro atoms. The molecular formula is C67H50ClF4N9O10S2. The van der Waals surface area contributed by atoms with Gasteiger partial charge in [-0.05, 0) is 133 Å². The Labute approximate surface area is 531 Å². The van der Waals surface area contributed by atoms with Crippen molar-refractivity contribution >= 4 is 96.7 Å². The fourth-order valence-corrected chi connectivity index (χ4v) is 11.4. The van der Waals surface area contributed by atoms with Gasteiger partial charge < -0.3 is 43.8 Å². The number of carbonyl (C=O) groups is 2. The molecule has 2 aliphatic rings. The standard InChI is InChI=1S/C31H22F2N4O5S.C30H20F2N4O3.C5H5N.CH3ClO2S/c1-34-31(38)28-20-12-19(23(36-43(2,39)40)14-27(20)42-30(28)16-6-8-17(32)9-7-16)22-10-11-26-29(35-22)25-13-18-21(33)4-3-5-24(18)37(25)15-41-26;1-34-30(37)27-19-11-18(21(33)13-26(19)39-29(27)15-5-7-16(31)8-6-15)22-9-10-25-28(35-22)24-12-17-20(32)3-2-4-23(17)36(24)14-38-25;1-2-4-6-5-3-1;1-5(2,3)4/h3-14,36H,15H2,1-2H3,(H,34,38);2-13H,14,33H2,1H3,(H,34,37);1-5H;1H3. The maximum absolute atomic E-state index is 14.6. The topological polar surface area (TPSA) is 258 Å². The number of carbonyl (C=O) groups excluding carboxylic acids is 2. The number of benzene rings is 6. The van der Waals surface area contributed by atoms with Crippen LogP contribution in [0, 0.1) is 23.3 Å². The molecular weight excluding hydrogens is 1270 g/mol. The number of nitrogens with two attached hydrogens (primary N) is 1. The highest BCUT2D eigenvalue weighted by atomic mass is 35.7. The molecule has 13 aromatic rings. The second-order valence-electron chi connectivity index (χ2n) is 21.1. The minimum Gasteiger partial charge on any atom is -0.470 e. The van der Waals surface area contributed by atoms with Crippen molar-refractivity contribution in [3.05, 3.63) is 211 Å². The number of ether oxygens (including phenoxy) is 2. The monoisotopic (exact) mass is 1320 g/mol. The second kappa shape index (κ2) is 25.0.